The second-order valence-corrected chi connectivity index (χ2v) is 8.76. The zero-order valence-corrected chi connectivity index (χ0v) is 20.0. The molecule has 2 N–H and O–H groups in total. The molecule has 8 heteroatoms. The maximum absolute atomic E-state index is 13.6. The number of nitrogens with one attached hydrogen (secondary N) is 2. The Morgan fingerprint density at radius 3 is 2.51 bits per heavy atom. The highest BCUT2D eigenvalue weighted by atomic mass is 19.1. The lowest BCUT2D eigenvalue weighted by atomic mass is 10.1. The van der Waals surface area contributed by atoms with Gasteiger partial charge in [-0.2, -0.15) is 0 Å². The SMILES string of the molecule is CN(C)CCCCNc1ccc(-c2cccc(CN3C=CC=C(c4cc(F)cc(F)c4)N3)c2)nn1. The normalized spacial score (nSPS) is 13.1. The van der Waals surface area contributed by atoms with Crippen LogP contribution in [0.25, 0.3) is 17.0 Å². The number of benzene rings is 2. The monoisotopic (exact) mass is 476 g/mol. The molecule has 0 atom stereocenters. The van der Waals surface area contributed by atoms with Crippen LogP contribution in [0, 0.1) is 11.6 Å². The van der Waals surface area contributed by atoms with E-state index in [2.05, 4.69) is 46.0 Å². The summed E-state index contributed by atoms with van der Waals surface area (Å²) >= 11 is 0. The summed E-state index contributed by atoms with van der Waals surface area (Å²) in [5, 5.41) is 13.9. The number of nitrogens with zero attached hydrogens (tertiary/aromatic N) is 4. The van der Waals surface area contributed by atoms with E-state index in [0.29, 0.717) is 17.8 Å². The van der Waals surface area contributed by atoms with Crippen LogP contribution in [0.2, 0.25) is 0 Å². The Morgan fingerprint density at radius 1 is 0.943 bits per heavy atom. The maximum Gasteiger partial charge on any atom is 0.148 e. The molecule has 1 aliphatic rings. The molecule has 2 aromatic carbocycles. The van der Waals surface area contributed by atoms with Crippen LogP contribution in [-0.4, -0.2) is 47.3 Å². The van der Waals surface area contributed by atoms with E-state index in [1.165, 1.54) is 12.1 Å². The van der Waals surface area contributed by atoms with Crippen LogP contribution in [0.3, 0.4) is 0 Å². The van der Waals surface area contributed by atoms with Gasteiger partial charge < -0.3 is 10.2 Å². The van der Waals surface area contributed by atoms with Gasteiger partial charge in [0.15, 0.2) is 0 Å². The molecule has 6 nitrogen and oxygen atoms in total. The smallest absolute Gasteiger partial charge is 0.148 e. The Balaban J connectivity index is 1.35. The molecule has 0 bridgehead atoms. The predicted molar refractivity (Wildman–Crippen MR) is 136 cm³/mol. The molecule has 35 heavy (non-hydrogen) atoms. The molecule has 182 valence electrons. The number of aromatic nitrogens is 2. The first-order chi connectivity index (χ1) is 17.0. The quantitative estimate of drug-likeness (QED) is 0.400. The standard InChI is InChI=1S/C27H30F2N6/c1-34(2)13-4-3-12-30-27-11-10-25(31-32-27)21-8-5-7-20(15-21)19-35-14-6-9-26(33-35)22-16-23(28)18-24(29)17-22/h5-11,14-18,33H,3-4,12-13,19H2,1-2H3,(H,30,32). The van der Waals surface area contributed by atoms with Crippen LogP contribution in [0.15, 0.2) is 72.9 Å². The van der Waals surface area contributed by atoms with E-state index in [9.17, 15) is 8.78 Å². The van der Waals surface area contributed by atoms with Crippen LogP contribution in [0.4, 0.5) is 14.6 Å². The van der Waals surface area contributed by atoms with Crippen molar-refractivity contribution in [1.82, 2.24) is 25.5 Å². The fourth-order valence-corrected chi connectivity index (χ4v) is 3.81. The summed E-state index contributed by atoms with van der Waals surface area (Å²) in [4.78, 5) is 2.18. The maximum atomic E-state index is 13.6. The summed E-state index contributed by atoms with van der Waals surface area (Å²) < 4.78 is 27.3. The highest BCUT2D eigenvalue weighted by Gasteiger charge is 2.12. The molecule has 0 saturated carbocycles. The molecular weight excluding hydrogens is 446 g/mol. The predicted octanol–water partition coefficient (Wildman–Crippen LogP) is 5.05. The molecular formula is C27H30F2N6. The zero-order valence-electron chi connectivity index (χ0n) is 20.0. The minimum absolute atomic E-state index is 0.451. The van der Waals surface area contributed by atoms with E-state index in [1.54, 1.807) is 6.08 Å². The summed E-state index contributed by atoms with van der Waals surface area (Å²) in [7, 11) is 4.16. The van der Waals surface area contributed by atoms with Crippen LogP contribution >= 0.6 is 0 Å². The van der Waals surface area contributed by atoms with Crippen molar-refractivity contribution in [2.75, 3.05) is 32.5 Å². The molecule has 4 rings (SSSR count). The topological polar surface area (TPSA) is 56.3 Å². The van der Waals surface area contributed by atoms with E-state index in [1.807, 2.05) is 47.6 Å². The average molecular weight is 477 g/mol. The van der Waals surface area contributed by atoms with E-state index in [-0.39, 0.29) is 0 Å². The second-order valence-electron chi connectivity index (χ2n) is 8.76. The first-order valence-corrected chi connectivity index (χ1v) is 11.7. The third kappa shape index (κ3) is 7.10. The Morgan fingerprint density at radius 2 is 1.77 bits per heavy atom. The summed E-state index contributed by atoms with van der Waals surface area (Å²) in [6.07, 6.45) is 7.72. The minimum Gasteiger partial charge on any atom is -0.369 e. The molecule has 0 fully saturated rings. The third-order valence-corrected chi connectivity index (χ3v) is 5.54. The van der Waals surface area contributed by atoms with Gasteiger partial charge in [0.1, 0.15) is 17.5 Å². The van der Waals surface area contributed by atoms with Gasteiger partial charge in [0, 0.05) is 29.9 Å². The number of hydrazine groups is 1. The highest BCUT2D eigenvalue weighted by molar-refractivity contribution is 5.66. The lowest BCUT2D eigenvalue weighted by Gasteiger charge is -2.27. The van der Waals surface area contributed by atoms with Crippen molar-refractivity contribution in [1.29, 1.82) is 0 Å². The van der Waals surface area contributed by atoms with Gasteiger partial charge in [0.05, 0.1) is 17.9 Å². The van der Waals surface area contributed by atoms with E-state index >= 15 is 0 Å². The molecule has 0 amide bonds. The number of hydrogen-bond acceptors (Lipinski definition) is 6. The van der Waals surface area contributed by atoms with Crippen LogP contribution < -0.4 is 10.7 Å². The van der Waals surface area contributed by atoms with Gasteiger partial charge in [-0.3, -0.25) is 10.4 Å². The summed E-state index contributed by atoms with van der Waals surface area (Å²) in [5.41, 5.74) is 7.10. The van der Waals surface area contributed by atoms with Crippen molar-refractivity contribution in [3.05, 3.63) is 95.7 Å². The number of halogens is 2. The summed E-state index contributed by atoms with van der Waals surface area (Å²) in [6.45, 7) is 2.50. The Labute approximate surface area is 205 Å². The van der Waals surface area contributed by atoms with Gasteiger partial charge in [0.2, 0.25) is 0 Å². The van der Waals surface area contributed by atoms with Gasteiger partial charge in [-0.15, -0.1) is 10.2 Å². The lowest BCUT2D eigenvalue weighted by Crippen LogP contribution is -2.33. The van der Waals surface area contributed by atoms with Crippen LogP contribution in [0.5, 0.6) is 0 Å². The molecule has 1 aromatic heterocycles. The molecule has 0 unspecified atom stereocenters. The Bertz CT molecular complexity index is 1170. The number of hydrogen-bond donors (Lipinski definition) is 2. The number of rotatable bonds is 10. The molecule has 2 heterocycles. The van der Waals surface area contributed by atoms with Gasteiger partial charge >= 0.3 is 0 Å². The largest absolute Gasteiger partial charge is 0.369 e. The van der Waals surface area contributed by atoms with Gasteiger partial charge in [0.25, 0.3) is 0 Å². The summed E-state index contributed by atoms with van der Waals surface area (Å²) in [5.74, 6) is -0.447. The first-order valence-electron chi connectivity index (χ1n) is 11.7. The Kier molecular flexibility index (Phi) is 8.05. The molecule has 0 radical (unpaired) electrons. The summed E-state index contributed by atoms with van der Waals surface area (Å²) in [6, 6.07) is 15.5. The fourth-order valence-electron chi connectivity index (χ4n) is 3.81. The third-order valence-electron chi connectivity index (χ3n) is 5.54. The van der Waals surface area contributed by atoms with E-state index in [4.69, 9.17) is 0 Å². The van der Waals surface area contributed by atoms with Gasteiger partial charge in [-0.1, -0.05) is 18.2 Å². The van der Waals surface area contributed by atoms with Crippen LogP contribution in [0.1, 0.15) is 24.0 Å². The van der Waals surface area contributed by atoms with Crippen molar-refractivity contribution in [2.24, 2.45) is 0 Å². The van der Waals surface area contributed by atoms with Crippen molar-refractivity contribution in [3.8, 4) is 11.3 Å². The lowest BCUT2D eigenvalue weighted by molar-refractivity contribution is 0.313. The zero-order chi connectivity index (χ0) is 24.6. The van der Waals surface area contributed by atoms with Gasteiger partial charge in [-0.05, 0) is 81.5 Å². The van der Waals surface area contributed by atoms with Crippen molar-refractivity contribution >= 4 is 11.5 Å². The van der Waals surface area contributed by atoms with E-state index < -0.39 is 11.6 Å². The van der Waals surface area contributed by atoms with E-state index in [0.717, 1.165) is 54.6 Å². The fraction of sp³-hybridized carbons (Fsp3) is 0.259. The van der Waals surface area contributed by atoms with Crippen molar-refractivity contribution in [3.63, 3.8) is 0 Å². The van der Waals surface area contributed by atoms with Gasteiger partial charge in [-0.25, -0.2) is 8.78 Å². The van der Waals surface area contributed by atoms with Crippen LogP contribution in [-0.2, 0) is 6.54 Å². The van der Waals surface area contributed by atoms with Crippen molar-refractivity contribution in [2.45, 2.75) is 19.4 Å². The molecule has 1 aliphatic heterocycles. The number of unbranched alkanes of at least 4 members (excludes halogenated alkanes) is 1. The number of allylic oxidation sites excluding steroid dienone is 2. The minimum atomic E-state index is -0.608. The first kappa shape index (κ1) is 24.3. The Hall–Kier alpha value is -3.78. The second kappa shape index (κ2) is 11.6. The average Bonchev–Trinajstić information content (AvgIpc) is 2.84. The molecule has 0 aliphatic carbocycles. The molecule has 0 saturated heterocycles. The molecule has 0 spiro atoms. The highest BCUT2D eigenvalue weighted by Crippen LogP contribution is 2.22. The molecule has 3 aromatic rings. The van der Waals surface area contributed by atoms with Crippen molar-refractivity contribution < 1.29 is 8.78 Å². The number of anilines is 1.